The van der Waals surface area contributed by atoms with Gasteiger partial charge in [0.1, 0.15) is 5.52 Å². The summed E-state index contributed by atoms with van der Waals surface area (Å²) in [6.07, 6.45) is 1.65. The summed E-state index contributed by atoms with van der Waals surface area (Å²) in [7, 11) is 0. The van der Waals surface area contributed by atoms with Crippen molar-refractivity contribution in [2.45, 2.75) is 0 Å². The first-order valence-corrected chi connectivity index (χ1v) is 5.35. The molecule has 88 valence electrons. The Morgan fingerprint density at radius 3 is 2.44 bits per heavy atom. The second-order valence-electron chi connectivity index (χ2n) is 3.76. The molecule has 0 fully saturated rings. The number of anilines is 2. The van der Waals surface area contributed by atoms with E-state index in [2.05, 4.69) is 19.9 Å². The van der Waals surface area contributed by atoms with Gasteiger partial charge in [0.2, 0.25) is 5.95 Å². The highest BCUT2D eigenvalue weighted by Crippen LogP contribution is 2.20. The average molecular weight is 238 g/mol. The summed E-state index contributed by atoms with van der Waals surface area (Å²) in [6, 6.07) is 9.71. The monoisotopic (exact) mass is 238 g/mol. The zero-order chi connectivity index (χ0) is 12.5. The maximum Gasteiger partial charge on any atom is 0.224 e. The predicted molar refractivity (Wildman–Crippen MR) is 69.4 cm³/mol. The molecule has 1 aromatic carbocycles. The molecule has 0 bridgehead atoms. The van der Waals surface area contributed by atoms with Crippen LogP contribution in [0.2, 0.25) is 0 Å². The molecule has 0 atom stereocenters. The van der Waals surface area contributed by atoms with Gasteiger partial charge in [0.05, 0.1) is 11.9 Å². The van der Waals surface area contributed by atoms with Crippen molar-refractivity contribution < 1.29 is 0 Å². The van der Waals surface area contributed by atoms with Gasteiger partial charge >= 0.3 is 0 Å². The lowest BCUT2D eigenvalue weighted by molar-refractivity contribution is 1.17. The molecule has 0 saturated heterocycles. The van der Waals surface area contributed by atoms with E-state index < -0.39 is 0 Å². The molecule has 6 nitrogen and oxygen atoms in total. The van der Waals surface area contributed by atoms with E-state index in [0.29, 0.717) is 11.2 Å². The Morgan fingerprint density at radius 2 is 1.67 bits per heavy atom. The topological polar surface area (TPSA) is 104 Å². The van der Waals surface area contributed by atoms with Crippen LogP contribution in [-0.4, -0.2) is 19.9 Å². The fraction of sp³-hybridized carbons (Fsp3) is 0. The summed E-state index contributed by atoms with van der Waals surface area (Å²) < 4.78 is 0. The summed E-state index contributed by atoms with van der Waals surface area (Å²) in [5, 5.41) is 0. The summed E-state index contributed by atoms with van der Waals surface area (Å²) in [5.41, 5.74) is 13.8. The maximum atomic E-state index is 5.71. The van der Waals surface area contributed by atoms with Crippen LogP contribution in [0.1, 0.15) is 0 Å². The molecular formula is C12H10N6. The smallest absolute Gasteiger partial charge is 0.224 e. The number of benzene rings is 1. The summed E-state index contributed by atoms with van der Waals surface area (Å²) in [6.45, 7) is 0. The summed E-state index contributed by atoms with van der Waals surface area (Å²) in [4.78, 5) is 16.5. The minimum Gasteiger partial charge on any atom is -0.382 e. The highest BCUT2D eigenvalue weighted by molar-refractivity contribution is 5.83. The van der Waals surface area contributed by atoms with Crippen molar-refractivity contribution in [3.63, 3.8) is 0 Å². The Morgan fingerprint density at radius 1 is 0.889 bits per heavy atom. The maximum absolute atomic E-state index is 5.71. The minimum atomic E-state index is 0.0968. The van der Waals surface area contributed by atoms with Gasteiger partial charge in [-0.2, -0.15) is 9.97 Å². The van der Waals surface area contributed by atoms with Crippen LogP contribution in [0, 0.1) is 0 Å². The molecule has 2 heterocycles. The fourth-order valence-corrected chi connectivity index (χ4v) is 1.70. The lowest BCUT2D eigenvalue weighted by atomic mass is 10.2. The highest BCUT2D eigenvalue weighted by Gasteiger charge is 2.08. The van der Waals surface area contributed by atoms with Crippen LogP contribution in [0.25, 0.3) is 22.4 Å². The number of hydrogen-bond donors (Lipinski definition) is 2. The van der Waals surface area contributed by atoms with Gasteiger partial charge in [-0.15, -0.1) is 0 Å². The Hall–Kier alpha value is -2.76. The summed E-state index contributed by atoms with van der Waals surface area (Å²) >= 11 is 0. The van der Waals surface area contributed by atoms with E-state index in [-0.39, 0.29) is 11.8 Å². The molecule has 18 heavy (non-hydrogen) atoms. The number of rotatable bonds is 1. The SMILES string of the molecule is Nc1nc(N)c2ncc(-c3ccccc3)nc2n1. The first-order valence-electron chi connectivity index (χ1n) is 5.35. The molecule has 0 aliphatic rings. The summed E-state index contributed by atoms with van der Waals surface area (Å²) in [5.74, 6) is 0.337. The molecule has 3 aromatic rings. The van der Waals surface area contributed by atoms with E-state index in [1.807, 2.05) is 30.3 Å². The van der Waals surface area contributed by atoms with Gasteiger partial charge in [0, 0.05) is 5.56 Å². The molecule has 0 aliphatic carbocycles. The third-order valence-corrected chi connectivity index (χ3v) is 2.52. The molecule has 0 saturated carbocycles. The fourth-order valence-electron chi connectivity index (χ4n) is 1.70. The van der Waals surface area contributed by atoms with Crippen molar-refractivity contribution >= 4 is 22.9 Å². The van der Waals surface area contributed by atoms with Crippen LogP contribution in [0.3, 0.4) is 0 Å². The van der Waals surface area contributed by atoms with Crippen LogP contribution in [0.5, 0.6) is 0 Å². The van der Waals surface area contributed by atoms with Gasteiger partial charge in [-0.05, 0) is 0 Å². The molecule has 0 radical (unpaired) electrons. The van der Waals surface area contributed by atoms with Crippen molar-refractivity contribution in [2.24, 2.45) is 0 Å². The quantitative estimate of drug-likeness (QED) is 0.661. The third kappa shape index (κ3) is 1.69. The zero-order valence-corrected chi connectivity index (χ0v) is 9.41. The average Bonchev–Trinajstić information content (AvgIpc) is 2.39. The largest absolute Gasteiger partial charge is 0.382 e. The second-order valence-corrected chi connectivity index (χ2v) is 3.76. The van der Waals surface area contributed by atoms with Crippen molar-refractivity contribution in [3.8, 4) is 11.3 Å². The van der Waals surface area contributed by atoms with E-state index in [9.17, 15) is 0 Å². The highest BCUT2D eigenvalue weighted by atomic mass is 15.1. The first kappa shape index (κ1) is 10.4. The van der Waals surface area contributed by atoms with Crippen LogP contribution in [0.15, 0.2) is 36.5 Å². The molecule has 6 heteroatoms. The van der Waals surface area contributed by atoms with E-state index in [1.54, 1.807) is 6.20 Å². The number of hydrogen-bond acceptors (Lipinski definition) is 6. The zero-order valence-electron chi connectivity index (χ0n) is 9.41. The van der Waals surface area contributed by atoms with E-state index in [0.717, 1.165) is 11.3 Å². The third-order valence-electron chi connectivity index (χ3n) is 2.52. The van der Waals surface area contributed by atoms with Crippen molar-refractivity contribution in [1.82, 2.24) is 19.9 Å². The number of nitrogens with zero attached hydrogens (tertiary/aromatic N) is 4. The molecule has 0 aliphatic heterocycles. The van der Waals surface area contributed by atoms with Crippen molar-refractivity contribution in [2.75, 3.05) is 11.5 Å². The molecule has 4 N–H and O–H groups in total. The number of nitrogens with two attached hydrogens (primary N) is 2. The van der Waals surface area contributed by atoms with Gasteiger partial charge in [-0.3, -0.25) is 0 Å². The molecule has 2 aromatic heterocycles. The standard InChI is InChI=1S/C12H10N6/c13-10-9-11(18-12(14)17-10)16-8(6-15-9)7-4-2-1-3-5-7/h1-6H,(H4,13,14,16,17,18). The van der Waals surface area contributed by atoms with Crippen LogP contribution in [-0.2, 0) is 0 Å². The molecule has 0 spiro atoms. The van der Waals surface area contributed by atoms with Crippen LogP contribution in [0.4, 0.5) is 11.8 Å². The van der Waals surface area contributed by atoms with Gasteiger partial charge in [0.15, 0.2) is 11.5 Å². The predicted octanol–water partition coefficient (Wildman–Crippen LogP) is 1.25. The molecule has 3 rings (SSSR count). The minimum absolute atomic E-state index is 0.0968. The second kappa shape index (κ2) is 3.92. The van der Waals surface area contributed by atoms with Crippen molar-refractivity contribution in [3.05, 3.63) is 36.5 Å². The number of aromatic nitrogens is 4. The molecule has 0 unspecified atom stereocenters. The number of nitrogen functional groups attached to an aromatic ring is 2. The Bertz CT molecular complexity index is 710. The van der Waals surface area contributed by atoms with Gasteiger partial charge in [-0.1, -0.05) is 30.3 Å². The lowest BCUT2D eigenvalue weighted by Gasteiger charge is -2.03. The number of fused-ring (bicyclic) bond motifs is 1. The Balaban J connectivity index is 2.23. The Labute approximate surface area is 103 Å². The molecular weight excluding hydrogens is 228 g/mol. The van der Waals surface area contributed by atoms with E-state index in [4.69, 9.17) is 11.5 Å². The van der Waals surface area contributed by atoms with Crippen LogP contribution < -0.4 is 11.5 Å². The van der Waals surface area contributed by atoms with E-state index in [1.165, 1.54) is 0 Å². The first-order chi connectivity index (χ1) is 8.74. The van der Waals surface area contributed by atoms with Crippen LogP contribution >= 0.6 is 0 Å². The lowest BCUT2D eigenvalue weighted by Crippen LogP contribution is -2.03. The van der Waals surface area contributed by atoms with Crippen molar-refractivity contribution in [1.29, 1.82) is 0 Å². The van der Waals surface area contributed by atoms with Gasteiger partial charge < -0.3 is 11.5 Å². The molecule has 0 amide bonds. The van der Waals surface area contributed by atoms with Gasteiger partial charge in [0.25, 0.3) is 0 Å². The van der Waals surface area contributed by atoms with Gasteiger partial charge in [-0.25, -0.2) is 9.97 Å². The van der Waals surface area contributed by atoms with E-state index >= 15 is 0 Å². The normalized spacial score (nSPS) is 10.7. The Kier molecular flexibility index (Phi) is 2.26.